The molecule has 21 heavy (non-hydrogen) atoms. The SMILES string of the molecule is COC1CCC(n2c(CCCl)nc3ccc(F)c(F)c32)C1. The lowest BCUT2D eigenvalue weighted by Gasteiger charge is -2.17. The van der Waals surface area contributed by atoms with Gasteiger partial charge in [-0.1, -0.05) is 0 Å². The Morgan fingerprint density at radius 3 is 2.86 bits per heavy atom. The number of ether oxygens (including phenoxy) is 1. The average molecular weight is 315 g/mol. The third-order valence-electron chi connectivity index (χ3n) is 4.19. The second-order valence-electron chi connectivity index (χ2n) is 5.39. The van der Waals surface area contributed by atoms with E-state index < -0.39 is 11.6 Å². The van der Waals surface area contributed by atoms with Crippen molar-refractivity contribution >= 4 is 22.6 Å². The molecule has 1 aliphatic rings. The molecule has 1 aromatic carbocycles. The number of benzene rings is 1. The summed E-state index contributed by atoms with van der Waals surface area (Å²) in [6.07, 6.45) is 3.26. The van der Waals surface area contributed by atoms with E-state index in [1.807, 2.05) is 4.57 Å². The van der Waals surface area contributed by atoms with Crippen molar-refractivity contribution in [3.05, 3.63) is 29.6 Å². The molecule has 0 amide bonds. The minimum atomic E-state index is -0.845. The van der Waals surface area contributed by atoms with Crippen molar-refractivity contribution in [2.75, 3.05) is 13.0 Å². The van der Waals surface area contributed by atoms with Crippen LogP contribution in [-0.4, -0.2) is 28.6 Å². The van der Waals surface area contributed by atoms with Gasteiger partial charge in [-0.05, 0) is 31.4 Å². The maximum absolute atomic E-state index is 14.2. The van der Waals surface area contributed by atoms with Gasteiger partial charge in [0.2, 0.25) is 0 Å². The molecule has 2 atom stereocenters. The number of hydrogen-bond donors (Lipinski definition) is 0. The van der Waals surface area contributed by atoms with E-state index in [-0.39, 0.29) is 17.7 Å². The quantitative estimate of drug-likeness (QED) is 0.802. The minimum absolute atomic E-state index is 0.0782. The van der Waals surface area contributed by atoms with Crippen molar-refractivity contribution in [2.45, 2.75) is 37.8 Å². The molecule has 0 aliphatic heterocycles. The second kappa shape index (κ2) is 5.89. The van der Waals surface area contributed by atoms with E-state index in [0.717, 1.165) is 25.3 Å². The van der Waals surface area contributed by atoms with Gasteiger partial charge in [-0.3, -0.25) is 0 Å². The maximum Gasteiger partial charge on any atom is 0.184 e. The lowest BCUT2D eigenvalue weighted by Crippen LogP contribution is -2.13. The van der Waals surface area contributed by atoms with Crippen molar-refractivity contribution in [1.82, 2.24) is 9.55 Å². The number of nitrogens with zero attached hydrogens (tertiary/aromatic N) is 2. The zero-order chi connectivity index (χ0) is 15.0. The van der Waals surface area contributed by atoms with Crippen molar-refractivity contribution in [3.8, 4) is 0 Å². The van der Waals surface area contributed by atoms with Gasteiger partial charge in [0.1, 0.15) is 11.3 Å². The van der Waals surface area contributed by atoms with Gasteiger partial charge in [-0.2, -0.15) is 0 Å². The zero-order valence-electron chi connectivity index (χ0n) is 11.8. The molecule has 114 valence electrons. The summed E-state index contributed by atoms with van der Waals surface area (Å²) in [4.78, 5) is 4.43. The second-order valence-corrected chi connectivity index (χ2v) is 5.77. The topological polar surface area (TPSA) is 27.1 Å². The number of halogens is 3. The number of fused-ring (bicyclic) bond motifs is 1. The first-order chi connectivity index (χ1) is 10.2. The number of methoxy groups -OCH3 is 1. The smallest absolute Gasteiger partial charge is 0.184 e. The largest absolute Gasteiger partial charge is 0.381 e. The van der Waals surface area contributed by atoms with Gasteiger partial charge in [0.05, 0.1) is 11.6 Å². The molecule has 1 saturated carbocycles. The Bertz CT molecular complexity index is 659. The molecule has 2 unspecified atom stereocenters. The van der Waals surface area contributed by atoms with Crippen LogP contribution in [0.2, 0.25) is 0 Å². The number of rotatable bonds is 4. The monoisotopic (exact) mass is 314 g/mol. The molecule has 1 heterocycles. The maximum atomic E-state index is 14.2. The number of aromatic nitrogens is 2. The molecule has 2 aromatic rings. The molecule has 3 nitrogen and oxygen atoms in total. The Labute approximate surface area is 126 Å². The van der Waals surface area contributed by atoms with Gasteiger partial charge in [-0.25, -0.2) is 13.8 Å². The summed E-state index contributed by atoms with van der Waals surface area (Å²) in [6.45, 7) is 0. The van der Waals surface area contributed by atoms with Crippen LogP contribution in [0.3, 0.4) is 0 Å². The van der Waals surface area contributed by atoms with Gasteiger partial charge >= 0.3 is 0 Å². The van der Waals surface area contributed by atoms with E-state index >= 15 is 0 Å². The van der Waals surface area contributed by atoms with Gasteiger partial charge in [0, 0.05) is 25.5 Å². The Morgan fingerprint density at radius 1 is 1.38 bits per heavy atom. The van der Waals surface area contributed by atoms with Crippen LogP contribution in [0, 0.1) is 11.6 Å². The molecule has 0 spiro atoms. The lowest BCUT2D eigenvalue weighted by molar-refractivity contribution is 0.106. The van der Waals surface area contributed by atoms with Crippen molar-refractivity contribution in [1.29, 1.82) is 0 Å². The first-order valence-corrected chi connectivity index (χ1v) is 7.62. The third kappa shape index (κ3) is 2.53. The van der Waals surface area contributed by atoms with Crippen LogP contribution in [0.15, 0.2) is 12.1 Å². The Kier molecular flexibility index (Phi) is 4.13. The predicted molar refractivity (Wildman–Crippen MR) is 77.8 cm³/mol. The third-order valence-corrected chi connectivity index (χ3v) is 4.38. The highest BCUT2D eigenvalue weighted by Crippen LogP contribution is 2.36. The Balaban J connectivity index is 2.13. The van der Waals surface area contributed by atoms with Gasteiger partial charge in [-0.15, -0.1) is 11.6 Å². The van der Waals surface area contributed by atoms with E-state index in [2.05, 4.69) is 4.98 Å². The number of alkyl halides is 1. The van der Waals surface area contributed by atoms with E-state index in [4.69, 9.17) is 16.3 Å². The fraction of sp³-hybridized carbons (Fsp3) is 0.533. The molecular weight excluding hydrogens is 298 g/mol. The van der Waals surface area contributed by atoms with Crippen molar-refractivity contribution in [2.24, 2.45) is 0 Å². The zero-order valence-corrected chi connectivity index (χ0v) is 12.5. The number of aryl methyl sites for hydroxylation is 1. The van der Waals surface area contributed by atoms with Gasteiger partial charge in [0.25, 0.3) is 0 Å². The van der Waals surface area contributed by atoms with E-state index in [0.29, 0.717) is 23.6 Å². The molecule has 1 fully saturated rings. The highest BCUT2D eigenvalue weighted by atomic mass is 35.5. The molecule has 1 aliphatic carbocycles. The predicted octanol–water partition coefficient (Wildman–Crippen LogP) is 3.84. The first-order valence-electron chi connectivity index (χ1n) is 7.09. The molecule has 1 aromatic heterocycles. The summed E-state index contributed by atoms with van der Waals surface area (Å²) < 4.78 is 35.0. The standard InChI is InChI=1S/C15H17ClF2N2O/c1-21-10-3-2-9(8-10)20-13(6-7-16)19-12-5-4-11(17)14(18)15(12)20/h4-5,9-10H,2-3,6-8H2,1H3. The minimum Gasteiger partial charge on any atom is -0.381 e. The normalized spacial score (nSPS) is 22.3. The van der Waals surface area contributed by atoms with Gasteiger partial charge < -0.3 is 9.30 Å². The van der Waals surface area contributed by atoms with E-state index in [1.54, 1.807) is 7.11 Å². The van der Waals surface area contributed by atoms with Crippen molar-refractivity contribution < 1.29 is 13.5 Å². The number of imidazole rings is 1. The van der Waals surface area contributed by atoms with Gasteiger partial charge in [0.15, 0.2) is 11.6 Å². The summed E-state index contributed by atoms with van der Waals surface area (Å²) in [5.74, 6) is -0.566. The fourth-order valence-electron chi connectivity index (χ4n) is 3.19. The molecular formula is C15H17ClF2N2O. The first kappa shape index (κ1) is 14.7. The fourth-order valence-corrected chi connectivity index (χ4v) is 3.36. The van der Waals surface area contributed by atoms with Crippen LogP contribution >= 0.6 is 11.6 Å². The number of hydrogen-bond acceptors (Lipinski definition) is 2. The molecule has 0 radical (unpaired) electrons. The molecule has 3 rings (SSSR count). The highest BCUT2D eigenvalue weighted by Gasteiger charge is 2.30. The Hall–Kier alpha value is -1.20. The van der Waals surface area contributed by atoms with Crippen LogP contribution in [0.1, 0.15) is 31.1 Å². The van der Waals surface area contributed by atoms with Crippen molar-refractivity contribution in [3.63, 3.8) is 0 Å². The summed E-state index contributed by atoms with van der Waals surface area (Å²) in [5.41, 5.74) is 0.728. The molecule has 6 heteroatoms. The summed E-state index contributed by atoms with van der Waals surface area (Å²) in [7, 11) is 1.68. The van der Waals surface area contributed by atoms with Crippen LogP contribution in [0.25, 0.3) is 11.0 Å². The van der Waals surface area contributed by atoms with Crippen LogP contribution < -0.4 is 0 Å². The van der Waals surface area contributed by atoms with E-state index in [1.165, 1.54) is 6.07 Å². The van der Waals surface area contributed by atoms with E-state index in [9.17, 15) is 8.78 Å². The molecule has 0 saturated heterocycles. The summed E-state index contributed by atoms with van der Waals surface area (Å²) in [5, 5.41) is 0. The van der Waals surface area contributed by atoms with Crippen LogP contribution in [0.4, 0.5) is 8.78 Å². The lowest BCUT2D eigenvalue weighted by atomic mass is 10.2. The van der Waals surface area contributed by atoms with Crippen LogP contribution in [-0.2, 0) is 11.2 Å². The summed E-state index contributed by atoms with van der Waals surface area (Å²) in [6, 6.07) is 2.71. The molecule has 0 N–H and O–H groups in total. The van der Waals surface area contributed by atoms with Crippen LogP contribution in [0.5, 0.6) is 0 Å². The average Bonchev–Trinajstić information content (AvgIpc) is 3.07. The summed E-state index contributed by atoms with van der Waals surface area (Å²) >= 11 is 5.82. The highest BCUT2D eigenvalue weighted by molar-refractivity contribution is 6.17. The Morgan fingerprint density at radius 2 is 2.19 bits per heavy atom. The molecule has 0 bridgehead atoms.